The predicted octanol–water partition coefficient (Wildman–Crippen LogP) is 4.98. The zero-order chi connectivity index (χ0) is 22.0. The molecule has 5 nitrogen and oxygen atoms in total. The van der Waals surface area contributed by atoms with Crippen LogP contribution in [0.1, 0.15) is 11.1 Å². The molecule has 0 unspecified atom stereocenters. The molecule has 0 bridgehead atoms. The fraction of sp³-hybridized carbons (Fsp3) is 0.0870. The van der Waals surface area contributed by atoms with Gasteiger partial charge in [0.25, 0.3) is 0 Å². The van der Waals surface area contributed by atoms with Gasteiger partial charge in [-0.15, -0.1) is 0 Å². The maximum Gasteiger partial charge on any atom is 0.243 e. The van der Waals surface area contributed by atoms with Gasteiger partial charge in [0.1, 0.15) is 11.4 Å². The van der Waals surface area contributed by atoms with E-state index < -0.39 is 15.8 Å². The van der Waals surface area contributed by atoms with Crippen molar-refractivity contribution in [3.8, 4) is 0 Å². The van der Waals surface area contributed by atoms with E-state index in [1.54, 1.807) is 24.3 Å². The van der Waals surface area contributed by atoms with Crippen molar-refractivity contribution in [2.75, 3.05) is 0 Å². The molecule has 158 valence electrons. The van der Waals surface area contributed by atoms with Crippen LogP contribution in [0.4, 0.5) is 4.39 Å². The fourth-order valence-corrected chi connectivity index (χ4v) is 4.72. The van der Waals surface area contributed by atoms with E-state index in [0.29, 0.717) is 21.6 Å². The van der Waals surface area contributed by atoms with Crippen molar-refractivity contribution in [2.45, 2.75) is 18.0 Å². The summed E-state index contributed by atoms with van der Waals surface area (Å²) in [4.78, 5) is 13.0. The van der Waals surface area contributed by atoms with Gasteiger partial charge in [-0.1, -0.05) is 35.9 Å². The van der Waals surface area contributed by atoms with Crippen LogP contribution in [0.2, 0.25) is 5.02 Å². The largest absolute Gasteiger partial charge is 0.464 e. The number of fused-ring (bicyclic) bond motifs is 1. The molecule has 4 rings (SSSR count). The number of benzene rings is 3. The lowest BCUT2D eigenvalue weighted by molar-refractivity contribution is 0.396. The van der Waals surface area contributed by atoms with Gasteiger partial charge < -0.3 is 4.42 Å². The number of hydrogen-bond acceptors (Lipinski definition) is 4. The number of halogens is 2. The Hall–Kier alpha value is -3.00. The molecule has 0 atom stereocenters. The summed E-state index contributed by atoms with van der Waals surface area (Å²) in [5, 5.41) is 0.768. The van der Waals surface area contributed by atoms with Crippen molar-refractivity contribution in [2.24, 2.45) is 0 Å². The molecular weight excluding hydrogens is 441 g/mol. The lowest BCUT2D eigenvalue weighted by atomic mass is 10.1. The highest BCUT2D eigenvalue weighted by Crippen LogP contribution is 2.23. The van der Waals surface area contributed by atoms with Crippen LogP contribution in [0, 0.1) is 5.82 Å². The highest BCUT2D eigenvalue weighted by atomic mass is 35.5. The number of hydrogen-bond donors (Lipinski definition) is 0. The molecule has 0 N–H and O–H groups in total. The third-order valence-corrected chi connectivity index (χ3v) is 6.88. The van der Waals surface area contributed by atoms with Crippen LogP contribution in [-0.4, -0.2) is 12.7 Å². The summed E-state index contributed by atoms with van der Waals surface area (Å²) >= 11 is 5.89. The van der Waals surface area contributed by atoms with Gasteiger partial charge in [-0.3, -0.25) is 4.79 Å². The average molecular weight is 458 g/mol. The molecule has 1 aromatic heterocycles. The molecule has 0 saturated heterocycles. The third-order valence-electron chi connectivity index (χ3n) is 4.82. The monoisotopic (exact) mass is 457 g/mol. The summed E-state index contributed by atoms with van der Waals surface area (Å²) in [6.45, 7) is -0.271. The summed E-state index contributed by atoms with van der Waals surface area (Å²) in [6.07, 6.45) is 1.28. The first-order chi connectivity index (χ1) is 14.8. The van der Waals surface area contributed by atoms with E-state index in [1.165, 1.54) is 54.8 Å². The second kappa shape index (κ2) is 8.63. The summed E-state index contributed by atoms with van der Waals surface area (Å²) in [5.41, 5.74) is 0.877. The maximum absolute atomic E-state index is 13.4. The van der Waals surface area contributed by atoms with Crippen molar-refractivity contribution in [1.82, 2.24) is 4.31 Å². The van der Waals surface area contributed by atoms with Gasteiger partial charge in [0.05, 0.1) is 22.1 Å². The Morgan fingerprint density at radius 1 is 0.903 bits per heavy atom. The molecule has 3 aromatic carbocycles. The van der Waals surface area contributed by atoms with E-state index in [2.05, 4.69) is 0 Å². The SMILES string of the molecule is O=c1c(CN(Cc2ccc(F)cc2)S(=O)(=O)c2ccc(Cl)cc2)coc2ccccc12. The van der Waals surface area contributed by atoms with Crippen molar-refractivity contribution in [3.05, 3.63) is 111 Å². The topological polar surface area (TPSA) is 67.6 Å². The van der Waals surface area contributed by atoms with Crippen molar-refractivity contribution >= 4 is 32.6 Å². The Balaban J connectivity index is 1.76. The van der Waals surface area contributed by atoms with Gasteiger partial charge in [0, 0.05) is 18.1 Å². The first-order valence-electron chi connectivity index (χ1n) is 9.34. The Morgan fingerprint density at radius 2 is 1.58 bits per heavy atom. The van der Waals surface area contributed by atoms with Crippen molar-refractivity contribution in [1.29, 1.82) is 0 Å². The molecule has 0 amide bonds. The smallest absolute Gasteiger partial charge is 0.243 e. The molecule has 0 aliphatic rings. The van der Waals surface area contributed by atoms with Crippen molar-refractivity contribution in [3.63, 3.8) is 0 Å². The number of rotatable bonds is 6. The minimum atomic E-state index is -3.99. The molecule has 0 fully saturated rings. The summed E-state index contributed by atoms with van der Waals surface area (Å²) in [5.74, 6) is -0.425. The molecule has 4 aromatic rings. The van der Waals surface area contributed by atoms with Crippen LogP contribution < -0.4 is 5.43 Å². The number of para-hydroxylation sites is 1. The van der Waals surface area contributed by atoms with E-state index in [0.717, 1.165) is 4.31 Å². The zero-order valence-corrected chi connectivity index (χ0v) is 17.7. The molecular formula is C23H17ClFNO4S. The van der Waals surface area contributed by atoms with E-state index in [1.807, 2.05) is 0 Å². The van der Waals surface area contributed by atoms with E-state index >= 15 is 0 Å². The van der Waals surface area contributed by atoms with E-state index in [4.69, 9.17) is 16.0 Å². The minimum Gasteiger partial charge on any atom is -0.464 e. The normalized spacial score (nSPS) is 11.8. The van der Waals surface area contributed by atoms with Crippen LogP contribution in [0.3, 0.4) is 0 Å². The van der Waals surface area contributed by atoms with Gasteiger partial charge in [-0.25, -0.2) is 12.8 Å². The summed E-state index contributed by atoms with van der Waals surface area (Å²) in [6, 6.07) is 18.0. The first kappa shape index (κ1) is 21.2. The molecule has 31 heavy (non-hydrogen) atoms. The fourth-order valence-electron chi connectivity index (χ4n) is 3.19. The molecule has 0 radical (unpaired) electrons. The second-order valence-electron chi connectivity index (χ2n) is 6.94. The van der Waals surface area contributed by atoms with Crippen molar-refractivity contribution < 1.29 is 17.2 Å². The molecule has 0 aliphatic heterocycles. The third kappa shape index (κ3) is 4.54. The summed E-state index contributed by atoms with van der Waals surface area (Å²) < 4.78 is 46.7. The lowest BCUT2D eigenvalue weighted by Crippen LogP contribution is -2.32. The van der Waals surface area contributed by atoms with Crippen LogP contribution >= 0.6 is 11.6 Å². The van der Waals surface area contributed by atoms with Gasteiger partial charge in [-0.2, -0.15) is 4.31 Å². The molecule has 0 spiro atoms. The lowest BCUT2D eigenvalue weighted by Gasteiger charge is -2.22. The zero-order valence-electron chi connectivity index (χ0n) is 16.2. The molecule has 8 heteroatoms. The second-order valence-corrected chi connectivity index (χ2v) is 9.31. The Labute approximate surface area is 183 Å². The quantitative estimate of drug-likeness (QED) is 0.409. The maximum atomic E-state index is 13.4. The highest BCUT2D eigenvalue weighted by Gasteiger charge is 2.26. The predicted molar refractivity (Wildman–Crippen MR) is 117 cm³/mol. The molecule has 0 saturated carbocycles. The Kier molecular flexibility index (Phi) is 5.91. The Morgan fingerprint density at radius 3 is 2.29 bits per heavy atom. The number of sulfonamides is 1. The molecule has 1 heterocycles. The highest BCUT2D eigenvalue weighted by molar-refractivity contribution is 7.89. The van der Waals surface area contributed by atoms with Gasteiger partial charge in [0.2, 0.25) is 10.0 Å². The molecule has 0 aliphatic carbocycles. The average Bonchev–Trinajstić information content (AvgIpc) is 2.77. The van der Waals surface area contributed by atoms with Gasteiger partial charge in [0.15, 0.2) is 5.43 Å². The summed E-state index contributed by atoms with van der Waals surface area (Å²) in [7, 11) is -3.99. The van der Waals surface area contributed by atoms with Crippen LogP contribution in [0.5, 0.6) is 0 Å². The Bertz CT molecular complexity index is 1380. The van der Waals surface area contributed by atoms with Gasteiger partial charge in [-0.05, 0) is 54.1 Å². The standard InChI is InChI=1S/C23H17ClFNO4S/c24-18-7-11-20(12-8-18)31(28,29)26(13-16-5-9-19(25)10-6-16)14-17-15-30-22-4-2-1-3-21(22)23(17)27/h1-12,15H,13-14H2. The minimum absolute atomic E-state index is 0.0317. The van der Waals surface area contributed by atoms with Crippen LogP contribution in [0.25, 0.3) is 11.0 Å². The first-order valence-corrected chi connectivity index (χ1v) is 11.2. The van der Waals surface area contributed by atoms with Gasteiger partial charge >= 0.3 is 0 Å². The van der Waals surface area contributed by atoms with E-state index in [-0.39, 0.29) is 29.0 Å². The van der Waals surface area contributed by atoms with E-state index in [9.17, 15) is 17.6 Å². The number of nitrogens with zero attached hydrogens (tertiary/aromatic N) is 1. The van der Waals surface area contributed by atoms with Crippen LogP contribution in [-0.2, 0) is 23.1 Å². The van der Waals surface area contributed by atoms with Crippen LogP contribution in [0.15, 0.2) is 93.2 Å².